The molecule has 0 radical (unpaired) electrons. The van der Waals surface area contributed by atoms with E-state index < -0.39 is 0 Å². The molecular formula is C20H29NO4S. The highest BCUT2D eigenvalue weighted by Crippen LogP contribution is 2.40. The summed E-state index contributed by atoms with van der Waals surface area (Å²) in [7, 11) is 1.75. The van der Waals surface area contributed by atoms with E-state index in [1.54, 1.807) is 23.7 Å². The van der Waals surface area contributed by atoms with Gasteiger partial charge in [-0.15, -0.1) is 11.8 Å². The van der Waals surface area contributed by atoms with Crippen molar-refractivity contribution in [1.29, 1.82) is 0 Å². The molecule has 1 amide bonds. The fourth-order valence-electron chi connectivity index (χ4n) is 2.82. The van der Waals surface area contributed by atoms with E-state index in [1.165, 1.54) is 12.8 Å². The molecule has 0 bridgehead atoms. The first kappa shape index (κ1) is 20.6. The van der Waals surface area contributed by atoms with Gasteiger partial charge >= 0.3 is 5.97 Å². The number of benzene rings is 1. The van der Waals surface area contributed by atoms with Gasteiger partial charge in [0.2, 0.25) is 0 Å². The van der Waals surface area contributed by atoms with Gasteiger partial charge in [-0.2, -0.15) is 0 Å². The average Bonchev–Trinajstić information content (AvgIpc) is 2.65. The Morgan fingerprint density at radius 3 is 2.92 bits per heavy atom. The van der Waals surface area contributed by atoms with Crippen molar-refractivity contribution >= 4 is 29.3 Å². The van der Waals surface area contributed by atoms with Crippen molar-refractivity contribution in [2.75, 3.05) is 30.9 Å². The number of amides is 1. The standard InChI is InChI=1S/C20H29NO4S/c1-4-6-8-15(5-2)13-24-19(23)11-12-26-17-10-7-9-16-20(17)25-14-18(22)21(16)3/h7,9-10,15H,4-6,8,11-14H2,1-3H3. The van der Waals surface area contributed by atoms with Crippen molar-refractivity contribution < 1.29 is 19.1 Å². The van der Waals surface area contributed by atoms with Crippen LogP contribution in [0.3, 0.4) is 0 Å². The molecule has 0 aromatic heterocycles. The predicted molar refractivity (Wildman–Crippen MR) is 105 cm³/mol. The topological polar surface area (TPSA) is 55.8 Å². The molecule has 1 unspecified atom stereocenters. The molecule has 0 saturated heterocycles. The number of nitrogens with zero attached hydrogens (tertiary/aromatic N) is 1. The van der Waals surface area contributed by atoms with Gasteiger partial charge in [0.1, 0.15) is 0 Å². The van der Waals surface area contributed by atoms with E-state index >= 15 is 0 Å². The first-order chi connectivity index (χ1) is 12.6. The SMILES string of the molecule is CCCCC(CC)COC(=O)CCSc1cccc2c1OCC(=O)N2C. The van der Waals surface area contributed by atoms with Gasteiger partial charge in [-0.3, -0.25) is 9.59 Å². The molecule has 0 fully saturated rings. The Balaban J connectivity index is 1.79. The number of unbranched alkanes of at least 4 members (excludes halogenated alkanes) is 1. The molecule has 1 heterocycles. The largest absolute Gasteiger partial charge is 0.480 e. The number of anilines is 1. The van der Waals surface area contributed by atoms with Crippen LogP contribution in [0, 0.1) is 5.92 Å². The fourth-order valence-corrected chi connectivity index (χ4v) is 3.78. The van der Waals surface area contributed by atoms with Crippen molar-refractivity contribution in [3.8, 4) is 5.75 Å². The molecule has 0 spiro atoms. The highest BCUT2D eigenvalue weighted by Gasteiger charge is 2.24. The minimum atomic E-state index is -0.148. The molecule has 0 saturated carbocycles. The zero-order valence-electron chi connectivity index (χ0n) is 16.0. The second-order valence-electron chi connectivity index (χ2n) is 6.54. The number of ether oxygens (including phenoxy) is 2. The number of hydrogen-bond acceptors (Lipinski definition) is 5. The molecular weight excluding hydrogens is 350 g/mol. The lowest BCUT2D eigenvalue weighted by Crippen LogP contribution is -2.35. The molecule has 1 atom stereocenters. The minimum Gasteiger partial charge on any atom is -0.480 e. The summed E-state index contributed by atoms with van der Waals surface area (Å²) >= 11 is 1.56. The smallest absolute Gasteiger partial charge is 0.306 e. The van der Waals surface area contributed by atoms with Crippen molar-refractivity contribution in [1.82, 2.24) is 0 Å². The summed E-state index contributed by atoms with van der Waals surface area (Å²) in [6, 6.07) is 5.72. The molecule has 26 heavy (non-hydrogen) atoms. The highest BCUT2D eigenvalue weighted by molar-refractivity contribution is 7.99. The zero-order chi connectivity index (χ0) is 18.9. The molecule has 5 nitrogen and oxygen atoms in total. The van der Waals surface area contributed by atoms with Crippen molar-refractivity contribution in [3.63, 3.8) is 0 Å². The van der Waals surface area contributed by atoms with Gasteiger partial charge in [0.25, 0.3) is 5.91 Å². The quantitative estimate of drug-likeness (QED) is 0.448. The number of rotatable bonds is 10. The third-order valence-electron chi connectivity index (χ3n) is 4.62. The Labute approximate surface area is 160 Å². The predicted octanol–water partition coefficient (Wildman–Crippen LogP) is 4.28. The molecule has 2 rings (SSSR count). The number of carbonyl (C=O) groups excluding carboxylic acids is 2. The number of esters is 1. The normalized spacial score (nSPS) is 14.6. The van der Waals surface area contributed by atoms with Crippen molar-refractivity contribution in [2.24, 2.45) is 5.92 Å². The second-order valence-corrected chi connectivity index (χ2v) is 7.68. The first-order valence-corrected chi connectivity index (χ1v) is 10.4. The Hall–Kier alpha value is -1.69. The van der Waals surface area contributed by atoms with Gasteiger partial charge in [0.15, 0.2) is 12.4 Å². The average molecular weight is 380 g/mol. The third kappa shape index (κ3) is 5.66. The van der Waals surface area contributed by atoms with Crippen molar-refractivity contribution in [2.45, 2.75) is 50.8 Å². The Bertz CT molecular complexity index is 620. The van der Waals surface area contributed by atoms with Crippen LogP contribution in [0.25, 0.3) is 0 Å². The maximum absolute atomic E-state index is 12.0. The van der Waals surface area contributed by atoms with Crippen LogP contribution in [0.15, 0.2) is 23.1 Å². The number of carbonyl (C=O) groups is 2. The second kappa shape index (κ2) is 10.5. The molecule has 1 aromatic carbocycles. The monoisotopic (exact) mass is 379 g/mol. The summed E-state index contributed by atoms with van der Waals surface area (Å²) in [5, 5.41) is 0. The van der Waals surface area contributed by atoms with Gasteiger partial charge in [0, 0.05) is 12.8 Å². The van der Waals surface area contributed by atoms with E-state index in [1.807, 2.05) is 18.2 Å². The Kier molecular flexibility index (Phi) is 8.29. The number of likely N-dealkylation sites (N-methyl/N-ethyl adjacent to an activating group) is 1. The summed E-state index contributed by atoms with van der Waals surface area (Å²) in [5.41, 5.74) is 0.774. The van der Waals surface area contributed by atoms with Crippen LogP contribution in [0.4, 0.5) is 5.69 Å². The van der Waals surface area contributed by atoms with Gasteiger partial charge in [-0.1, -0.05) is 39.2 Å². The van der Waals surface area contributed by atoms with E-state index in [9.17, 15) is 9.59 Å². The van der Waals surface area contributed by atoms with Crippen LogP contribution in [0.2, 0.25) is 0 Å². The molecule has 1 aromatic rings. The third-order valence-corrected chi connectivity index (χ3v) is 5.66. The Morgan fingerprint density at radius 1 is 1.38 bits per heavy atom. The van der Waals surface area contributed by atoms with Gasteiger partial charge in [-0.05, 0) is 24.5 Å². The lowest BCUT2D eigenvalue weighted by atomic mass is 10.0. The highest BCUT2D eigenvalue weighted by atomic mass is 32.2. The number of para-hydroxylation sites is 1. The molecule has 0 N–H and O–H groups in total. The molecule has 0 aliphatic carbocycles. The molecule has 1 aliphatic rings. The zero-order valence-corrected chi connectivity index (χ0v) is 16.8. The van der Waals surface area contributed by atoms with Gasteiger partial charge < -0.3 is 14.4 Å². The maximum Gasteiger partial charge on any atom is 0.306 e. The molecule has 1 aliphatic heterocycles. The van der Waals surface area contributed by atoms with Crippen molar-refractivity contribution in [3.05, 3.63) is 18.2 Å². The van der Waals surface area contributed by atoms with E-state index in [0.29, 0.717) is 24.7 Å². The van der Waals surface area contributed by atoms with Crippen LogP contribution < -0.4 is 9.64 Å². The lowest BCUT2D eigenvalue weighted by Gasteiger charge is -2.27. The first-order valence-electron chi connectivity index (χ1n) is 9.37. The van der Waals surface area contributed by atoms with Gasteiger partial charge in [-0.25, -0.2) is 0 Å². The lowest BCUT2D eigenvalue weighted by molar-refractivity contribution is -0.144. The van der Waals surface area contributed by atoms with E-state index in [-0.39, 0.29) is 18.5 Å². The van der Waals surface area contributed by atoms with Gasteiger partial charge in [0.05, 0.1) is 23.6 Å². The molecule has 144 valence electrons. The summed E-state index contributed by atoms with van der Waals surface area (Å²) in [4.78, 5) is 26.3. The number of thioether (sulfide) groups is 1. The maximum atomic E-state index is 12.0. The van der Waals surface area contributed by atoms with Crippen LogP contribution >= 0.6 is 11.8 Å². The number of fused-ring (bicyclic) bond motifs is 1. The summed E-state index contributed by atoms with van der Waals surface area (Å²) < 4.78 is 11.0. The number of hydrogen-bond donors (Lipinski definition) is 0. The fraction of sp³-hybridized carbons (Fsp3) is 0.600. The minimum absolute atomic E-state index is 0.0548. The van der Waals surface area contributed by atoms with Crippen LogP contribution in [-0.2, 0) is 14.3 Å². The summed E-state index contributed by atoms with van der Waals surface area (Å²) in [6.45, 7) is 4.90. The summed E-state index contributed by atoms with van der Waals surface area (Å²) in [5.74, 6) is 1.61. The van der Waals surface area contributed by atoms with Crippen LogP contribution in [0.1, 0.15) is 46.0 Å². The Morgan fingerprint density at radius 2 is 2.19 bits per heavy atom. The van der Waals surface area contributed by atoms with E-state index in [2.05, 4.69) is 13.8 Å². The molecule has 6 heteroatoms. The summed E-state index contributed by atoms with van der Waals surface area (Å²) in [6.07, 6.45) is 4.89. The van der Waals surface area contributed by atoms with Crippen LogP contribution in [-0.4, -0.2) is 37.9 Å². The van der Waals surface area contributed by atoms with E-state index in [4.69, 9.17) is 9.47 Å². The van der Waals surface area contributed by atoms with Crippen LogP contribution in [0.5, 0.6) is 5.75 Å². The van der Waals surface area contributed by atoms with E-state index in [0.717, 1.165) is 29.2 Å².